The van der Waals surface area contributed by atoms with Gasteiger partial charge in [-0.3, -0.25) is 4.90 Å². The third kappa shape index (κ3) is 4.97. The second kappa shape index (κ2) is 7.36. The molecule has 1 heterocycles. The Morgan fingerprint density at radius 3 is 2.40 bits per heavy atom. The van der Waals surface area contributed by atoms with Crippen LogP contribution in [-0.2, 0) is 4.74 Å². The first-order valence-corrected chi connectivity index (χ1v) is 9.26. The van der Waals surface area contributed by atoms with Crippen LogP contribution >= 0.6 is 0 Å². The fraction of sp³-hybridized carbons (Fsp3) is 0.667. The highest BCUT2D eigenvalue weighted by Crippen LogP contribution is 2.36. The van der Waals surface area contributed by atoms with E-state index in [9.17, 15) is 4.79 Å². The molecule has 1 aromatic rings. The van der Waals surface area contributed by atoms with Gasteiger partial charge in [0.05, 0.1) is 0 Å². The molecule has 0 aromatic heterocycles. The van der Waals surface area contributed by atoms with Gasteiger partial charge in [-0.15, -0.1) is 0 Å². The standard InChI is InChI=1S/C21H34N2O2/c1-16(17-11-9-8-10-12-17)22(7)18-13-14-23(15-21(18,5)6)19(24)25-20(2,3)4/h8-12,16,18H,13-15H2,1-7H3/t16-,18-/m0/s1. The summed E-state index contributed by atoms with van der Waals surface area (Å²) in [5.74, 6) is 0. The van der Waals surface area contributed by atoms with Crippen molar-refractivity contribution in [3.05, 3.63) is 35.9 Å². The van der Waals surface area contributed by atoms with Crippen LogP contribution in [0.5, 0.6) is 0 Å². The Balaban J connectivity index is 2.06. The molecule has 1 aliphatic rings. The van der Waals surface area contributed by atoms with Gasteiger partial charge in [0.15, 0.2) is 0 Å². The summed E-state index contributed by atoms with van der Waals surface area (Å²) < 4.78 is 5.56. The first kappa shape index (κ1) is 19.8. The van der Waals surface area contributed by atoms with Crippen molar-refractivity contribution in [1.82, 2.24) is 9.80 Å². The van der Waals surface area contributed by atoms with Crippen LogP contribution in [0.3, 0.4) is 0 Å². The van der Waals surface area contributed by atoms with E-state index in [-0.39, 0.29) is 11.5 Å². The van der Waals surface area contributed by atoms with Gasteiger partial charge in [0, 0.05) is 25.2 Å². The highest BCUT2D eigenvalue weighted by molar-refractivity contribution is 5.68. The largest absolute Gasteiger partial charge is 0.444 e. The minimum Gasteiger partial charge on any atom is -0.444 e. The molecular formula is C21H34N2O2. The Morgan fingerprint density at radius 2 is 1.88 bits per heavy atom. The third-order valence-electron chi connectivity index (χ3n) is 5.21. The molecule has 1 aromatic carbocycles. The SMILES string of the molecule is C[C@@H](c1ccccc1)N(C)[C@H]1CCN(C(=O)OC(C)(C)C)CC1(C)C. The molecule has 0 aliphatic carbocycles. The number of carbonyl (C=O) groups excluding carboxylic acids is 1. The van der Waals surface area contributed by atoms with Gasteiger partial charge in [-0.05, 0) is 52.1 Å². The molecule has 2 atom stereocenters. The first-order chi connectivity index (χ1) is 11.5. The van der Waals surface area contributed by atoms with E-state index in [0.717, 1.165) is 19.5 Å². The number of nitrogens with zero attached hydrogens (tertiary/aromatic N) is 2. The second-order valence-electron chi connectivity index (χ2n) is 8.95. The van der Waals surface area contributed by atoms with E-state index >= 15 is 0 Å². The molecule has 0 bridgehead atoms. The van der Waals surface area contributed by atoms with Crippen LogP contribution in [-0.4, -0.2) is 47.7 Å². The maximum Gasteiger partial charge on any atom is 0.410 e. The first-order valence-electron chi connectivity index (χ1n) is 9.26. The van der Waals surface area contributed by atoms with Crippen LogP contribution in [0.4, 0.5) is 4.79 Å². The summed E-state index contributed by atoms with van der Waals surface area (Å²) in [6.45, 7) is 14.0. The summed E-state index contributed by atoms with van der Waals surface area (Å²) in [5.41, 5.74) is 0.888. The highest BCUT2D eigenvalue weighted by Gasteiger charge is 2.41. The zero-order valence-electron chi connectivity index (χ0n) is 16.9. The lowest BCUT2D eigenvalue weighted by Crippen LogP contribution is -2.56. The molecule has 0 N–H and O–H groups in total. The van der Waals surface area contributed by atoms with Crippen LogP contribution in [0.1, 0.15) is 59.6 Å². The fourth-order valence-corrected chi connectivity index (χ4v) is 3.82. The summed E-state index contributed by atoms with van der Waals surface area (Å²) in [4.78, 5) is 16.7. The van der Waals surface area contributed by atoms with Gasteiger partial charge < -0.3 is 9.64 Å². The average molecular weight is 347 g/mol. The average Bonchev–Trinajstić information content (AvgIpc) is 2.51. The Morgan fingerprint density at radius 1 is 1.28 bits per heavy atom. The molecule has 0 unspecified atom stereocenters. The van der Waals surface area contributed by atoms with Gasteiger partial charge >= 0.3 is 6.09 Å². The zero-order valence-corrected chi connectivity index (χ0v) is 16.9. The molecule has 25 heavy (non-hydrogen) atoms. The van der Waals surface area contributed by atoms with Crippen molar-refractivity contribution in [2.75, 3.05) is 20.1 Å². The molecule has 1 aliphatic heterocycles. The highest BCUT2D eigenvalue weighted by atomic mass is 16.6. The number of ether oxygens (including phenoxy) is 1. The Kier molecular flexibility index (Phi) is 5.82. The Labute approximate surface area is 153 Å². The van der Waals surface area contributed by atoms with Crippen molar-refractivity contribution in [2.24, 2.45) is 5.41 Å². The van der Waals surface area contributed by atoms with Crippen molar-refractivity contribution in [2.45, 2.75) is 65.6 Å². The normalized spacial score (nSPS) is 21.9. The van der Waals surface area contributed by atoms with Gasteiger partial charge in [-0.25, -0.2) is 4.79 Å². The molecule has 0 spiro atoms. The van der Waals surface area contributed by atoms with Crippen molar-refractivity contribution < 1.29 is 9.53 Å². The lowest BCUT2D eigenvalue weighted by Gasteiger charge is -2.49. The molecular weight excluding hydrogens is 312 g/mol. The minimum absolute atomic E-state index is 0.00689. The summed E-state index contributed by atoms with van der Waals surface area (Å²) in [6.07, 6.45) is 0.762. The van der Waals surface area contributed by atoms with Crippen LogP contribution in [0, 0.1) is 5.41 Å². The quantitative estimate of drug-likeness (QED) is 0.794. The van der Waals surface area contributed by atoms with Crippen molar-refractivity contribution in [3.8, 4) is 0 Å². The molecule has 1 fully saturated rings. The predicted molar refractivity (Wildman–Crippen MR) is 103 cm³/mol. The number of rotatable bonds is 3. The second-order valence-corrected chi connectivity index (χ2v) is 8.95. The van der Waals surface area contributed by atoms with Crippen LogP contribution < -0.4 is 0 Å². The minimum atomic E-state index is -0.448. The molecule has 140 valence electrons. The molecule has 1 amide bonds. The van der Waals surface area contributed by atoms with E-state index < -0.39 is 5.60 Å². The van der Waals surface area contributed by atoms with E-state index in [1.165, 1.54) is 5.56 Å². The Bertz CT molecular complexity index is 577. The van der Waals surface area contributed by atoms with Gasteiger partial charge in [0.2, 0.25) is 0 Å². The molecule has 0 saturated carbocycles. The smallest absolute Gasteiger partial charge is 0.410 e. The monoisotopic (exact) mass is 346 g/mol. The maximum absolute atomic E-state index is 12.4. The van der Waals surface area contributed by atoms with Gasteiger partial charge in [-0.2, -0.15) is 0 Å². The van der Waals surface area contributed by atoms with Crippen LogP contribution in [0.2, 0.25) is 0 Å². The van der Waals surface area contributed by atoms with E-state index in [0.29, 0.717) is 12.1 Å². The number of hydrogen-bond acceptors (Lipinski definition) is 3. The summed E-state index contributed by atoms with van der Waals surface area (Å²) in [6, 6.07) is 11.4. The van der Waals surface area contributed by atoms with Gasteiger partial charge in [0.25, 0.3) is 0 Å². The van der Waals surface area contributed by atoms with Crippen molar-refractivity contribution in [3.63, 3.8) is 0 Å². The van der Waals surface area contributed by atoms with Crippen LogP contribution in [0.25, 0.3) is 0 Å². The number of piperidine rings is 1. The van der Waals surface area contributed by atoms with Gasteiger partial charge in [-0.1, -0.05) is 44.2 Å². The molecule has 2 rings (SSSR count). The van der Waals surface area contributed by atoms with E-state index in [2.05, 4.69) is 63.1 Å². The number of hydrogen-bond donors (Lipinski definition) is 0. The number of benzene rings is 1. The van der Waals surface area contributed by atoms with E-state index in [4.69, 9.17) is 4.74 Å². The molecule has 4 heteroatoms. The molecule has 0 radical (unpaired) electrons. The zero-order chi connectivity index (χ0) is 18.8. The predicted octanol–water partition coefficient (Wildman–Crippen LogP) is 4.72. The van der Waals surface area contributed by atoms with Crippen LogP contribution in [0.15, 0.2) is 30.3 Å². The fourth-order valence-electron chi connectivity index (χ4n) is 3.82. The Hall–Kier alpha value is -1.55. The summed E-state index contributed by atoms with van der Waals surface area (Å²) in [7, 11) is 2.20. The molecule has 4 nitrogen and oxygen atoms in total. The number of carbonyl (C=O) groups is 1. The van der Waals surface area contributed by atoms with E-state index in [1.807, 2.05) is 25.7 Å². The maximum atomic E-state index is 12.4. The molecule has 1 saturated heterocycles. The summed E-state index contributed by atoms with van der Waals surface area (Å²) in [5, 5.41) is 0. The van der Waals surface area contributed by atoms with Gasteiger partial charge in [0.1, 0.15) is 5.60 Å². The summed E-state index contributed by atoms with van der Waals surface area (Å²) >= 11 is 0. The van der Waals surface area contributed by atoms with Crippen molar-refractivity contribution in [1.29, 1.82) is 0 Å². The number of amides is 1. The van der Waals surface area contributed by atoms with E-state index in [1.54, 1.807) is 0 Å². The number of likely N-dealkylation sites (tertiary alicyclic amines) is 1. The van der Waals surface area contributed by atoms with Crippen molar-refractivity contribution >= 4 is 6.09 Å². The third-order valence-corrected chi connectivity index (χ3v) is 5.21. The topological polar surface area (TPSA) is 32.8 Å². The lowest BCUT2D eigenvalue weighted by atomic mass is 9.77. The lowest BCUT2D eigenvalue weighted by molar-refractivity contribution is -0.0221.